The normalized spacial score (nSPS) is 18.5. The van der Waals surface area contributed by atoms with Crippen LogP contribution in [0.25, 0.3) is 0 Å². The third-order valence-electron chi connectivity index (χ3n) is 5.63. The van der Waals surface area contributed by atoms with Crippen molar-refractivity contribution in [3.05, 3.63) is 58.4 Å². The Morgan fingerprint density at radius 3 is 2.30 bits per heavy atom. The third-order valence-corrected chi connectivity index (χ3v) is 5.63. The Morgan fingerprint density at radius 2 is 1.73 bits per heavy atom. The average Bonchev–Trinajstić information content (AvgIpc) is 3.09. The molecule has 1 atom stereocenters. The lowest BCUT2D eigenvalue weighted by Gasteiger charge is -2.22. The summed E-state index contributed by atoms with van der Waals surface area (Å²) in [5, 5.41) is 2.64. The van der Waals surface area contributed by atoms with Crippen LogP contribution in [-0.2, 0) is 26.9 Å². The standard InChI is InChI=1S/C22H25N3O5/c1-13-6-8-16(9-7-13)22(4)20(28)25(21(29)23-22)11-19(27)30-12-18(26)17-10-14(2)24(5)15(17)3/h6-10H,11-12H2,1-5H3,(H,23,29)/t22-/m0/s1. The topological polar surface area (TPSA) is 97.7 Å². The van der Waals surface area contributed by atoms with Crippen molar-refractivity contribution >= 4 is 23.7 Å². The summed E-state index contributed by atoms with van der Waals surface area (Å²) in [4.78, 5) is 50.6. The summed E-state index contributed by atoms with van der Waals surface area (Å²) in [6, 6.07) is 8.26. The first kappa shape index (κ1) is 21.3. The van der Waals surface area contributed by atoms with Crippen molar-refractivity contribution in [1.29, 1.82) is 0 Å². The largest absolute Gasteiger partial charge is 0.456 e. The Hall–Kier alpha value is -3.42. The summed E-state index contributed by atoms with van der Waals surface area (Å²) >= 11 is 0. The highest BCUT2D eigenvalue weighted by molar-refractivity contribution is 6.09. The molecule has 0 saturated carbocycles. The number of carbonyl (C=O) groups excluding carboxylic acids is 4. The number of urea groups is 1. The molecule has 3 amide bonds. The van der Waals surface area contributed by atoms with Crippen LogP contribution in [0.5, 0.6) is 0 Å². The van der Waals surface area contributed by atoms with Crippen LogP contribution in [0, 0.1) is 20.8 Å². The average molecular weight is 411 g/mol. The fourth-order valence-electron chi connectivity index (χ4n) is 3.46. The molecule has 2 aromatic rings. The van der Waals surface area contributed by atoms with Gasteiger partial charge in [-0.3, -0.25) is 19.3 Å². The second-order valence-corrected chi connectivity index (χ2v) is 7.74. The SMILES string of the molecule is Cc1ccc([C@]2(C)NC(=O)N(CC(=O)OCC(=O)c3cc(C)n(C)c3C)C2=O)cc1. The minimum atomic E-state index is -1.26. The lowest BCUT2D eigenvalue weighted by atomic mass is 9.91. The molecule has 158 valence electrons. The number of aromatic nitrogens is 1. The van der Waals surface area contributed by atoms with Gasteiger partial charge in [-0.1, -0.05) is 29.8 Å². The van der Waals surface area contributed by atoms with E-state index < -0.39 is 36.6 Å². The first-order chi connectivity index (χ1) is 14.0. The molecule has 1 N–H and O–H groups in total. The number of amides is 3. The second-order valence-electron chi connectivity index (χ2n) is 7.74. The van der Waals surface area contributed by atoms with Gasteiger partial charge in [0.1, 0.15) is 12.1 Å². The van der Waals surface area contributed by atoms with E-state index in [-0.39, 0.29) is 5.78 Å². The fourth-order valence-corrected chi connectivity index (χ4v) is 3.46. The molecular weight excluding hydrogens is 386 g/mol. The molecule has 30 heavy (non-hydrogen) atoms. The van der Waals surface area contributed by atoms with Crippen LogP contribution in [-0.4, -0.2) is 46.3 Å². The molecule has 1 aliphatic rings. The molecule has 0 radical (unpaired) electrons. The Balaban J connectivity index is 1.64. The summed E-state index contributed by atoms with van der Waals surface area (Å²) in [5.74, 6) is -1.72. The van der Waals surface area contributed by atoms with E-state index in [0.717, 1.165) is 21.9 Å². The monoisotopic (exact) mass is 411 g/mol. The van der Waals surface area contributed by atoms with Gasteiger partial charge < -0.3 is 14.6 Å². The maximum Gasteiger partial charge on any atom is 0.326 e. The Bertz CT molecular complexity index is 1040. The van der Waals surface area contributed by atoms with Gasteiger partial charge in [-0.25, -0.2) is 4.79 Å². The van der Waals surface area contributed by atoms with Crippen molar-refractivity contribution in [3.63, 3.8) is 0 Å². The van der Waals surface area contributed by atoms with E-state index in [9.17, 15) is 19.2 Å². The molecule has 3 rings (SSSR count). The van der Waals surface area contributed by atoms with Crippen molar-refractivity contribution in [1.82, 2.24) is 14.8 Å². The van der Waals surface area contributed by atoms with Crippen LogP contribution in [0.3, 0.4) is 0 Å². The van der Waals surface area contributed by atoms with Crippen LogP contribution >= 0.6 is 0 Å². The smallest absolute Gasteiger partial charge is 0.326 e. The van der Waals surface area contributed by atoms with E-state index in [1.54, 1.807) is 32.0 Å². The number of imide groups is 1. The summed E-state index contributed by atoms with van der Waals surface area (Å²) < 4.78 is 6.91. The molecule has 8 heteroatoms. The van der Waals surface area contributed by atoms with Gasteiger partial charge in [0.2, 0.25) is 5.78 Å². The molecule has 1 aliphatic heterocycles. The van der Waals surface area contributed by atoms with Crippen molar-refractivity contribution in [2.24, 2.45) is 7.05 Å². The predicted octanol–water partition coefficient (Wildman–Crippen LogP) is 2.14. The molecule has 1 fully saturated rings. The maximum absolute atomic E-state index is 12.9. The van der Waals surface area contributed by atoms with E-state index in [1.807, 2.05) is 37.6 Å². The minimum absolute atomic E-state index is 0.341. The van der Waals surface area contributed by atoms with Crippen LogP contribution in [0.15, 0.2) is 30.3 Å². The minimum Gasteiger partial charge on any atom is -0.456 e. The molecule has 0 unspecified atom stereocenters. The number of hydrogen-bond donors (Lipinski definition) is 1. The van der Waals surface area contributed by atoms with Crippen molar-refractivity contribution < 1.29 is 23.9 Å². The number of ether oxygens (including phenoxy) is 1. The molecule has 2 heterocycles. The van der Waals surface area contributed by atoms with Crippen molar-refractivity contribution in [2.75, 3.05) is 13.2 Å². The van der Waals surface area contributed by atoms with Gasteiger partial charge in [-0.05, 0) is 39.3 Å². The van der Waals surface area contributed by atoms with Crippen LogP contribution < -0.4 is 5.32 Å². The van der Waals surface area contributed by atoms with Gasteiger partial charge in [0, 0.05) is 24.0 Å². The number of esters is 1. The first-order valence-electron chi connectivity index (χ1n) is 9.57. The number of carbonyl (C=O) groups is 4. The highest BCUT2D eigenvalue weighted by Crippen LogP contribution is 2.29. The molecule has 8 nitrogen and oxygen atoms in total. The Morgan fingerprint density at radius 1 is 1.10 bits per heavy atom. The van der Waals surface area contributed by atoms with E-state index in [1.165, 1.54) is 0 Å². The molecule has 0 bridgehead atoms. The lowest BCUT2D eigenvalue weighted by Crippen LogP contribution is -2.41. The van der Waals surface area contributed by atoms with Gasteiger partial charge in [0.05, 0.1) is 0 Å². The molecule has 0 aliphatic carbocycles. The van der Waals surface area contributed by atoms with Crippen LogP contribution in [0.1, 0.15) is 39.8 Å². The van der Waals surface area contributed by atoms with Crippen LogP contribution in [0.2, 0.25) is 0 Å². The first-order valence-corrected chi connectivity index (χ1v) is 9.57. The van der Waals surface area contributed by atoms with Gasteiger partial charge in [-0.2, -0.15) is 0 Å². The van der Waals surface area contributed by atoms with Crippen molar-refractivity contribution in [3.8, 4) is 0 Å². The van der Waals surface area contributed by atoms with Crippen LogP contribution in [0.4, 0.5) is 4.79 Å². The molecular formula is C22H25N3O5. The van der Waals surface area contributed by atoms with E-state index in [4.69, 9.17) is 4.74 Å². The predicted molar refractivity (Wildman–Crippen MR) is 109 cm³/mol. The molecule has 1 saturated heterocycles. The van der Waals surface area contributed by atoms with E-state index >= 15 is 0 Å². The zero-order valence-electron chi connectivity index (χ0n) is 17.7. The number of Topliss-reactive ketones (excluding diaryl/α,β-unsaturated/α-hetero) is 1. The van der Waals surface area contributed by atoms with E-state index in [0.29, 0.717) is 11.1 Å². The van der Waals surface area contributed by atoms with Crippen molar-refractivity contribution in [2.45, 2.75) is 33.2 Å². The number of nitrogens with zero attached hydrogens (tertiary/aromatic N) is 2. The molecule has 1 aromatic carbocycles. The summed E-state index contributed by atoms with van der Waals surface area (Å²) in [5.41, 5.74) is 2.54. The molecule has 0 spiro atoms. The second kappa shape index (κ2) is 7.78. The zero-order chi connectivity index (χ0) is 22.2. The van der Waals surface area contributed by atoms with Gasteiger partial charge >= 0.3 is 12.0 Å². The summed E-state index contributed by atoms with van der Waals surface area (Å²) in [6.07, 6.45) is 0. The van der Waals surface area contributed by atoms with Gasteiger partial charge in [0.25, 0.3) is 5.91 Å². The number of ketones is 1. The third kappa shape index (κ3) is 3.72. The number of rotatable bonds is 6. The zero-order valence-corrected chi connectivity index (χ0v) is 17.7. The number of aryl methyl sites for hydroxylation is 2. The number of hydrogen-bond acceptors (Lipinski definition) is 5. The highest BCUT2D eigenvalue weighted by atomic mass is 16.5. The quantitative estimate of drug-likeness (QED) is 0.446. The summed E-state index contributed by atoms with van der Waals surface area (Å²) in [6.45, 7) is 6.17. The fraction of sp³-hybridized carbons (Fsp3) is 0.364. The Labute approximate surface area is 174 Å². The lowest BCUT2D eigenvalue weighted by molar-refractivity contribution is -0.146. The molecule has 1 aromatic heterocycles. The van der Waals surface area contributed by atoms with Gasteiger partial charge in [0.15, 0.2) is 6.61 Å². The number of benzene rings is 1. The highest BCUT2D eigenvalue weighted by Gasteiger charge is 2.49. The maximum atomic E-state index is 12.9. The van der Waals surface area contributed by atoms with E-state index in [2.05, 4.69) is 5.32 Å². The summed E-state index contributed by atoms with van der Waals surface area (Å²) in [7, 11) is 1.84. The number of nitrogens with one attached hydrogen (secondary N) is 1. The Kier molecular flexibility index (Phi) is 5.52. The van der Waals surface area contributed by atoms with Gasteiger partial charge in [-0.15, -0.1) is 0 Å².